The predicted molar refractivity (Wildman–Crippen MR) is 80.9 cm³/mol. The highest BCUT2D eigenvalue weighted by atomic mass is 79.9. The zero-order valence-electron chi connectivity index (χ0n) is 10.6. The normalized spacial score (nSPS) is 10.7. The topological polar surface area (TPSA) is 17.8 Å². The van der Waals surface area contributed by atoms with E-state index in [1.807, 2.05) is 18.3 Å². The second-order valence-electron chi connectivity index (χ2n) is 4.51. The number of rotatable bonds is 3. The van der Waals surface area contributed by atoms with Crippen LogP contribution in [-0.2, 0) is 6.54 Å². The Balaban J connectivity index is 1.90. The highest BCUT2D eigenvalue weighted by Crippen LogP contribution is 2.19. The van der Waals surface area contributed by atoms with E-state index in [0.29, 0.717) is 0 Å². The third kappa shape index (κ3) is 2.80. The van der Waals surface area contributed by atoms with E-state index in [9.17, 15) is 4.39 Å². The molecule has 3 rings (SSSR count). The summed E-state index contributed by atoms with van der Waals surface area (Å²) in [6.45, 7) is 0.736. The van der Waals surface area contributed by atoms with Gasteiger partial charge in [-0.15, -0.1) is 0 Å². The molecule has 0 aliphatic carbocycles. The van der Waals surface area contributed by atoms with Gasteiger partial charge >= 0.3 is 0 Å². The molecule has 2 aromatic carbocycles. The fraction of sp³-hybridized carbons (Fsp3) is 0.0625. The first-order valence-corrected chi connectivity index (χ1v) is 7.03. The Morgan fingerprint density at radius 2 is 1.70 bits per heavy atom. The zero-order chi connectivity index (χ0) is 13.9. The fourth-order valence-electron chi connectivity index (χ4n) is 2.08. The molecule has 0 amide bonds. The van der Waals surface area contributed by atoms with Gasteiger partial charge < -0.3 is 4.57 Å². The molecule has 1 aromatic heterocycles. The molecule has 0 spiro atoms. The quantitative estimate of drug-likeness (QED) is 0.691. The van der Waals surface area contributed by atoms with E-state index in [1.54, 1.807) is 18.3 Å². The van der Waals surface area contributed by atoms with Crippen LogP contribution in [-0.4, -0.2) is 9.55 Å². The number of nitrogens with zero attached hydrogens (tertiary/aromatic N) is 2. The van der Waals surface area contributed by atoms with E-state index in [-0.39, 0.29) is 5.82 Å². The van der Waals surface area contributed by atoms with Gasteiger partial charge in [-0.25, -0.2) is 9.37 Å². The van der Waals surface area contributed by atoms with Crippen molar-refractivity contribution in [1.82, 2.24) is 9.55 Å². The number of halogens is 2. The number of benzene rings is 2. The predicted octanol–water partition coefficient (Wildman–Crippen LogP) is 4.50. The Morgan fingerprint density at radius 3 is 2.40 bits per heavy atom. The maximum atomic E-state index is 13.0. The first-order chi connectivity index (χ1) is 9.72. The minimum Gasteiger partial charge on any atom is -0.327 e. The molecule has 0 N–H and O–H groups in total. The average Bonchev–Trinajstić information content (AvgIpc) is 2.90. The first-order valence-electron chi connectivity index (χ1n) is 6.24. The van der Waals surface area contributed by atoms with E-state index in [0.717, 1.165) is 22.4 Å². The summed E-state index contributed by atoms with van der Waals surface area (Å²) in [5.41, 5.74) is 2.10. The van der Waals surface area contributed by atoms with E-state index in [2.05, 4.69) is 37.6 Å². The molecule has 0 saturated heterocycles. The fourth-order valence-corrected chi connectivity index (χ4v) is 2.35. The van der Waals surface area contributed by atoms with Crippen LogP contribution in [0.25, 0.3) is 11.4 Å². The van der Waals surface area contributed by atoms with Gasteiger partial charge in [0.25, 0.3) is 0 Å². The average molecular weight is 331 g/mol. The van der Waals surface area contributed by atoms with Crippen molar-refractivity contribution >= 4 is 15.9 Å². The van der Waals surface area contributed by atoms with Crippen LogP contribution in [0.2, 0.25) is 0 Å². The molecule has 3 aromatic rings. The van der Waals surface area contributed by atoms with E-state index < -0.39 is 0 Å². The third-order valence-electron chi connectivity index (χ3n) is 3.08. The van der Waals surface area contributed by atoms with Crippen LogP contribution in [0.5, 0.6) is 0 Å². The number of imidazole rings is 1. The van der Waals surface area contributed by atoms with Crippen molar-refractivity contribution in [1.29, 1.82) is 0 Å². The Kier molecular flexibility index (Phi) is 3.65. The van der Waals surface area contributed by atoms with Crippen molar-refractivity contribution in [2.45, 2.75) is 6.54 Å². The van der Waals surface area contributed by atoms with Crippen LogP contribution in [0, 0.1) is 5.82 Å². The lowest BCUT2D eigenvalue weighted by atomic mass is 10.2. The molecule has 0 radical (unpaired) electrons. The van der Waals surface area contributed by atoms with Crippen LogP contribution in [0.1, 0.15) is 5.56 Å². The Labute approximate surface area is 125 Å². The minimum atomic E-state index is -0.236. The minimum absolute atomic E-state index is 0.236. The standard InChI is InChI=1S/C16H12BrFN2/c17-14-5-1-12(2-6-14)11-20-10-9-19-16(20)13-3-7-15(18)8-4-13/h1-10H,11H2. The summed E-state index contributed by atoms with van der Waals surface area (Å²) in [4.78, 5) is 4.36. The lowest BCUT2D eigenvalue weighted by Crippen LogP contribution is -2.01. The molecule has 0 fully saturated rings. The summed E-state index contributed by atoms with van der Waals surface area (Å²) in [5, 5.41) is 0. The van der Waals surface area contributed by atoms with Crippen LogP contribution < -0.4 is 0 Å². The molecule has 100 valence electrons. The van der Waals surface area contributed by atoms with Crippen molar-refractivity contribution < 1.29 is 4.39 Å². The highest BCUT2D eigenvalue weighted by molar-refractivity contribution is 9.10. The van der Waals surface area contributed by atoms with Gasteiger partial charge in [-0.3, -0.25) is 0 Å². The second kappa shape index (κ2) is 5.59. The molecular formula is C16H12BrFN2. The molecular weight excluding hydrogens is 319 g/mol. The van der Waals surface area contributed by atoms with Gasteiger partial charge in [-0.1, -0.05) is 28.1 Å². The Hall–Kier alpha value is -1.94. The Bertz CT molecular complexity index is 702. The van der Waals surface area contributed by atoms with E-state index >= 15 is 0 Å². The maximum absolute atomic E-state index is 13.0. The van der Waals surface area contributed by atoms with Crippen molar-refractivity contribution in [2.75, 3.05) is 0 Å². The zero-order valence-corrected chi connectivity index (χ0v) is 12.2. The summed E-state index contributed by atoms with van der Waals surface area (Å²) in [6.07, 6.45) is 3.69. The van der Waals surface area contributed by atoms with Crippen LogP contribution >= 0.6 is 15.9 Å². The first kappa shape index (κ1) is 13.1. The highest BCUT2D eigenvalue weighted by Gasteiger charge is 2.06. The van der Waals surface area contributed by atoms with Crippen molar-refractivity contribution in [3.05, 3.63) is 76.8 Å². The van der Waals surface area contributed by atoms with E-state index in [4.69, 9.17) is 0 Å². The lowest BCUT2D eigenvalue weighted by molar-refractivity contribution is 0.628. The SMILES string of the molecule is Fc1ccc(-c2nccn2Cc2ccc(Br)cc2)cc1. The Morgan fingerprint density at radius 1 is 1.00 bits per heavy atom. The van der Waals surface area contributed by atoms with Gasteiger partial charge in [0.1, 0.15) is 11.6 Å². The van der Waals surface area contributed by atoms with Crippen LogP contribution in [0.3, 0.4) is 0 Å². The van der Waals surface area contributed by atoms with Crippen LogP contribution in [0.15, 0.2) is 65.4 Å². The van der Waals surface area contributed by atoms with Crippen molar-refractivity contribution in [3.8, 4) is 11.4 Å². The van der Waals surface area contributed by atoms with Gasteiger partial charge in [-0.05, 0) is 42.0 Å². The molecule has 0 unspecified atom stereocenters. The molecule has 20 heavy (non-hydrogen) atoms. The van der Waals surface area contributed by atoms with Gasteiger partial charge in [0, 0.05) is 29.0 Å². The molecule has 0 aliphatic heterocycles. The molecule has 0 aliphatic rings. The second-order valence-corrected chi connectivity index (χ2v) is 5.43. The molecule has 0 saturated carbocycles. The summed E-state index contributed by atoms with van der Waals surface area (Å²) >= 11 is 3.43. The molecule has 0 bridgehead atoms. The molecule has 4 heteroatoms. The number of hydrogen-bond donors (Lipinski definition) is 0. The number of aromatic nitrogens is 2. The molecule has 1 heterocycles. The van der Waals surface area contributed by atoms with Gasteiger partial charge in [-0.2, -0.15) is 0 Å². The largest absolute Gasteiger partial charge is 0.327 e. The summed E-state index contributed by atoms with van der Waals surface area (Å²) in [6, 6.07) is 14.6. The summed E-state index contributed by atoms with van der Waals surface area (Å²) in [5.74, 6) is 0.604. The summed E-state index contributed by atoms with van der Waals surface area (Å²) < 4.78 is 16.1. The third-order valence-corrected chi connectivity index (χ3v) is 3.61. The summed E-state index contributed by atoms with van der Waals surface area (Å²) in [7, 11) is 0. The van der Waals surface area contributed by atoms with Gasteiger partial charge in [0.15, 0.2) is 0 Å². The van der Waals surface area contributed by atoms with Gasteiger partial charge in [0.05, 0.1) is 0 Å². The molecule has 0 atom stereocenters. The molecule has 2 nitrogen and oxygen atoms in total. The maximum Gasteiger partial charge on any atom is 0.140 e. The van der Waals surface area contributed by atoms with Crippen molar-refractivity contribution in [2.24, 2.45) is 0 Å². The van der Waals surface area contributed by atoms with E-state index in [1.165, 1.54) is 17.7 Å². The lowest BCUT2D eigenvalue weighted by Gasteiger charge is -2.08. The van der Waals surface area contributed by atoms with Crippen LogP contribution in [0.4, 0.5) is 4.39 Å². The smallest absolute Gasteiger partial charge is 0.140 e. The van der Waals surface area contributed by atoms with Crippen molar-refractivity contribution in [3.63, 3.8) is 0 Å². The number of hydrogen-bond acceptors (Lipinski definition) is 1. The monoisotopic (exact) mass is 330 g/mol. The van der Waals surface area contributed by atoms with Gasteiger partial charge in [0.2, 0.25) is 0 Å².